The summed E-state index contributed by atoms with van der Waals surface area (Å²) in [7, 11) is 1.76. The molecular formula is C20H25N3O3. The summed E-state index contributed by atoms with van der Waals surface area (Å²) in [5.41, 5.74) is 1.20. The molecule has 1 aliphatic heterocycles. The molecule has 0 bridgehead atoms. The SMILES string of the molecule is CN=C(NCCOc1ccccc1)NCCc1ccc2c(c1)OCCO2. The molecule has 138 valence electrons. The van der Waals surface area contributed by atoms with E-state index in [1.165, 1.54) is 5.56 Å². The van der Waals surface area contributed by atoms with Crippen molar-refractivity contribution in [1.29, 1.82) is 0 Å². The fourth-order valence-corrected chi connectivity index (χ4v) is 2.64. The summed E-state index contributed by atoms with van der Waals surface area (Å²) < 4.78 is 16.8. The highest BCUT2D eigenvalue weighted by Gasteiger charge is 2.11. The van der Waals surface area contributed by atoms with E-state index in [0.717, 1.165) is 36.2 Å². The Balaban J connectivity index is 1.36. The first-order valence-electron chi connectivity index (χ1n) is 8.86. The number of para-hydroxylation sites is 1. The van der Waals surface area contributed by atoms with Gasteiger partial charge < -0.3 is 24.8 Å². The standard InChI is InChI=1S/C20H25N3O3/c1-21-20(23-11-12-24-17-5-3-2-4-6-17)22-10-9-16-7-8-18-19(15-16)26-14-13-25-18/h2-8,15H,9-14H2,1H3,(H2,21,22,23). The van der Waals surface area contributed by atoms with Crippen molar-refractivity contribution in [3.05, 3.63) is 54.1 Å². The highest BCUT2D eigenvalue weighted by atomic mass is 16.6. The second kappa shape index (κ2) is 9.56. The minimum Gasteiger partial charge on any atom is -0.492 e. The average molecular weight is 355 g/mol. The molecule has 0 fully saturated rings. The monoisotopic (exact) mass is 355 g/mol. The van der Waals surface area contributed by atoms with Crippen molar-refractivity contribution in [2.75, 3.05) is 40.0 Å². The smallest absolute Gasteiger partial charge is 0.191 e. The van der Waals surface area contributed by atoms with Gasteiger partial charge in [-0.05, 0) is 36.2 Å². The van der Waals surface area contributed by atoms with Gasteiger partial charge in [0, 0.05) is 13.6 Å². The molecule has 1 aliphatic rings. The van der Waals surface area contributed by atoms with E-state index < -0.39 is 0 Å². The second-order valence-electron chi connectivity index (χ2n) is 5.82. The quantitative estimate of drug-likeness (QED) is 0.453. The van der Waals surface area contributed by atoms with Crippen LogP contribution in [0.5, 0.6) is 17.2 Å². The molecule has 0 atom stereocenters. The average Bonchev–Trinajstić information content (AvgIpc) is 2.70. The van der Waals surface area contributed by atoms with Gasteiger partial charge in [-0.2, -0.15) is 0 Å². The lowest BCUT2D eigenvalue weighted by Crippen LogP contribution is -2.40. The summed E-state index contributed by atoms with van der Waals surface area (Å²) >= 11 is 0. The number of guanidine groups is 1. The number of nitrogens with one attached hydrogen (secondary N) is 2. The highest BCUT2D eigenvalue weighted by molar-refractivity contribution is 5.79. The first-order chi connectivity index (χ1) is 12.8. The van der Waals surface area contributed by atoms with E-state index in [1.807, 2.05) is 42.5 Å². The van der Waals surface area contributed by atoms with E-state index in [2.05, 4.69) is 21.7 Å². The lowest BCUT2D eigenvalue weighted by molar-refractivity contribution is 0.171. The van der Waals surface area contributed by atoms with E-state index in [0.29, 0.717) is 26.4 Å². The molecule has 2 aromatic rings. The van der Waals surface area contributed by atoms with Crippen LogP contribution in [0.4, 0.5) is 0 Å². The van der Waals surface area contributed by atoms with Crippen molar-refractivity contribution in [3.8, 4) is 17.2 Å². The molecule has 6 heteroatoms. The first kappa shape index (κ1) is 17.9. The maximum atomic E-state index is 5.66. The zero-order valence-electron chi connectivity index (χ0n) is 15.0. The molecule has 2 N–H and O–H groups in total. The number of hydrogen-bond acceptors (Lipinski definition) is 4. The molecule has 0 unspecified atom stereocenters. The lowest BCUT2D eigenvalue weighted by atomic mass is 10.1. The van der Waals surface area contributed by atoms with Gasteiger partial charge in [-0.25, -0.2) is 0 Å². The number of rotatable bonds is 7. The Hall–Kier alpha value is -2.89. The van der Waals surface area contributed by atoms with Crippen molar-refractivity contribution >= 4 is 5.96 Å². The molecule has 0 spiro atoms. The summed E-state index contributed by atoms with van der Waals surface area (Å²) in [5, 5.41) is 6.55. The molecule has 3 rings (SSSR count). The number of ether oxygens (including phenoxy) is 3. The van der Waals surface area contributed by atoms with Gasteiger partial charge >= 0.3 is 0 Å². The van der Waals surface area contributed by atoms with Crippen molar-refractivity contribution < 1.29 is 14.2 Å². The summed E-state index contributed by atoms with van der Waals surface area (Å²) in [6.45, 7) is 3.25. The predicted molar refractivity (Wildman–Crippen MR) is 102 cm³/mol. The number of nitrogens with zero attached hydrogens (tertiary/aromatic N) is 1. The Morgan fingerprint density at radius 2 is 1.77 bits per heavy atom. The molecule has 2 aromatic carbocycles. The Morgan fingerprint density at radius 3 is 2.58 bits per heavy atom. The maximum absolute atomic E-state index is 5.66. The molecule has 6 nitrogen and oxygen atoms in total. The number of aliphatic imine (C=N–C) groups is 1. The molecular weight excluding hydrogens is 330 g/mol. The van der Waals surface area contributed by atoms with Crippen LogP contribution >= 0.6 is 0 Å². The van der Waals surface area contributed by atoms with Gasteiger partial charge in [0.25, 0.3) is 0 Å². The first-order valence-corrected chi connectivity index (χ1v) is 8.86. The number of benzene rings is 2. The third kappa shape index (κ3) is 5.31. The lowest BCUT2D eigenvalue weighted by Gasteiger charge is -2.19. The van der Waals surface area contributed by atoms with E-state index in [-0.39, 0.29) is 0 Å². The van der Waals surface area contributed by atoms with Crippen LogP contribution in [0, 0.1) is 0 Å². The van der Waals surface area contributed by atoms with Crippen molar-refractivity contribution in [2.24, 2.45) is 4.99 Å². The largest absolute Gasteiger partial charge is 0.492 e. The van der Waals surface area contributed by atoms with Gasteiger partial charge in [0.05, 0.1) is 6.54 Å². The van der Waals surface area contributed by atoms with Crippen molar-refractivity contribution in [1.82, 2.24) is 10.6 Å². The molecule has 26 heavy (non-hydrogen) atoms. The van der Waals surface area contributed by atoms with Gasteiger partial charge in [0.15, 0.2) is 17.5 Å². The number of hydrogen-bond donors (Lipinski definition) is 2. The zero-order valence-corrected chi connectivity index (χ0v) is 15.0. The predicted octanol–water partition coefficient (Wildman–Crippen LogP) is 2.24. The van der Waals surface area contributed by atoms with E-state index >= 15 is 0 Å². The van der Waals surface area contributed by atoms with E-state index in [1.54, 1.807) is 7.05 Å². The fourth-order valence-electron chi connectivity index (χ4n) is 2.64. The van der Waals surface area contributed by atoms with E-state index in [4.69, 9.17) is 14.2 Å². The Bertz CT molecular complexity index is 719. The molecule has 1 heterocycles. The fraction of sp³-hybridized carbons (Fsp3) is 0.350. The maximum Gasteiger partial charge on any atom is 0.191 e. The second-order valence-corrected chi connectivity index (χ2v) is 5.82. The Labute approximate surface area is 154 Å². The zero-order chi connectivity index (χ0) is 18.0. The van der Waals surface area contributed by atoms with Crippen molar-refractivity contribution in [2.45, 2.75) is 6.42 Å². The van der Waals surface area contributed by atoms with Crippen LogP contribution in [0.3, 0.4) is 0 Å². The molecule has 0 aromatic heterocycles. The molecule has 0 aliphatic carbocycles. The van der Waals surface area contributed by atoms with Crippen molar-refractivity contribution in [3.63, 3.8) is 0 Å². The molecule has 0 saturated heterocycles. The van der Waals surface area contributed by atoms with Gasteiger partial charge in [-0.3, -0.25) is 4.99 Å². The van der Waals surface area contributed by atoms with Gasteiger partial charge in [-0.1, -0.05) is 24.3 Å². The molecule has 0 saturated carbocycles. The topological polar surface area (TPSA) is 64.1 Å². The van der Waals surface area contributed by atoms with Gasteiger partial charge in [0.2, 0.25) is 0 Å². The third-order valence-corrected chi connectivity index (χ3v) is 3.94. The van der Waals surface area contributed by atoms with Crippen LogP contribution < -0.4 is 24.8 Å². The van der Waals surface area contributed by atoms with Crippen LogP contribution in [-0.4, -0.2) is 45.9 Å². The summed E-state index contributed by atoms with van der Waals surface area (Å²) in [6, 6.07) is 15.9. The minimum absolute atomic E-state index is 0.576. The van der Waals surface area contributed by atoms with Gasteiger partial charge in [-0.15, -0.1) is 0 Å². The number of fused-ring (bicyclic) bond motifs is 1. The third-order valence-electron chi connectivity index (χ3n) is 3.94. The Morgan fingerprint density at radius 1 is 1.00 bits per heavy atom. The summed E-state index contributed by atoms with van der Waals surface area (Å²) in [6.07, 6.45) is 0.873. The minimum atomic E-state index is 0.576. The van der Waals surface area contributed by atoms with E-state index in [9.17, 15) is 0 Å². The van der Waals surface area contributed by atoms with Crippen LogP contribution in [-0.2, 0) is 6.42 Å². The Kier molecular flexibility index (Phi) is 6.59. The summed E-state index contributed by atoms with van der Waals surface area (Å²) in [5.74, 6) is 3.29. The van der Waals surface area contributed by atoms with Crippen LogP contribution in [0.2, 0.25) is 0 Å². The van der Waals surface area contributed by atoms with Crippen LogP contribution in [0.25, 0.3) is 0 Å². The summed E-state index contributed by atoms with van der Waals surface area (Å²) in [4.78, 5) is 4.23. The highest BCUT2D eigenvalue weighted by Crippen LogP contribution is 2.30. The normalized spacial score (nSPS) is 13.2. The molecule has 0 radical (unpaired) electrons. The van der Waals surface area contributed by atoms with Crippen LogP contribution in [0.1, 0.15) is 5.56 Å². The molecule has 0 amide bonds. The van der Waals surface area contributed by atoms with Gasteiger partial charge in [0.1, 0.15) is 25.6 Å². The van der Waals surface area contributed by atoms with Crippen LogP contribution in [0.15, 0.2) is 53.5 Å².